The standard InChI is InChI=1S/C30H33F2NO2/c1-19-13-20(24-8-6-5-7-21(24)17-34-29(2,3)4)9-10-23(19)26-16-33-12-11-30(26)25-15-28(32)27(31)14-22(25)18-35-30/h5-10,13-15,26,33H,11-12,16-18H2,1-4H3/t26?,30-/m0/s1. The molecule has 2 aliphatic heterocycles. The number of fused-ring (bicyclic) bond motifs is 2. The van der Waals surface area contributed by atoms with E-state index in [0.29, 0.717) is 26.2 Å². The van der Waals surface area contributed by atoms with Crippen molar-refractivity contribution in [2.75, 3.05) is 13.1 Å². The average Bonchev–Trinajstić information content (AvgIpc) is 3.15. The molecule has 1 fully saturated rings. The minimum Gasteiger partial charge on any atom is -0.371 e. The van der Waals surface area contributed by atoms with Gasteiger partial charge >= 0.3 is 0 Å². The van der Waals surface area contributed by atoms with Crippen molar-refractivity contribution in [2.45, 2.75) is 64.4 Å². The molecule has 0 aromatic heterocycles. The third kappa shape index (κ3) is 4.53. The van der Waals surface area contributed by atoms with Crippen molar-refractivity contribution in [3.63, 3.8) is 0 Å². The van der Waals surface area contributed by atoms with E-state index in [1.54, 1.807) is 0 Å². The van der Waals surface area contributed by atoms with Crippen molar-refractivity contribution in [3.05, 3.63) is 94.0 Å². The van der Waals surface area contributed by atoms with Gasteiger partial charge in [-0.3, -0.25) is 0 Å². The van der Waals surface area contributed by atoms with Gasteiger partial charge < -0.3 is 14.8 Å². The van der Waals surface area contributed by atoms with Crippen molar-refractivity contribution >= 4 is 0 Å². The Labute approximate surface area is 206 Å². The van der Waals surface area contributed by atoms with E-state index < -0.39 is 17.2 Å². The third-order valence-corrected chi connectivity index (χ3v) is 7.31. The first-order valence-corrected chi connectivity index (χ1v) is 12.3. The smallest absolute Gasteiger partial charge is 0.159 e. The average molecular weight is 478 g/mol. The molecule has 0 bridgehead atoms. The maximum atomic E-state index is 14.3. The fourth-order valence-electron chi connectivity index (χ4n) is 5.56. The summed E-state index contributed by atoms with van der Waals surface area (Å²) in [7, 11) is 0. The summed E-state index contributed by atoms with van der Waals surface area (Å²) in [5.41, 5.74) is 6.43. The molecular weight excluding hydrogens is 444 g/mol. The van der Waals surface area contributed by atoms with Crippen LogP contribution in [0.5, 0.6) is 0 Å². The van der Waals surface area contributed by atoms with Crippen molar-refractivity contribution in [1.29, 1.82) is 0 Å². The maximum absolute atomic E-state index is 14.3. The van der Waals surface area contributed by atoms with Gasteiger partial charge in [0.1, 0.15) is 5.60 Å². The number of piperidine rings is 1. The third-order valence-electron chi connectivity index (χ3n) is 7.31. The van der Waals surface area contributed by atoms with Gasteiger partial charge in [0, 0.05) is 12.5 Å². The van der Waals surface area contributed by atoms with Crippen LogP contribution in [0.25, 0.3) is 11.1 Å². The van der Waals surface area contributed by atoms with Crippen LogP contribution in [0.15, 0.2) is 54.6 Å². The molecule has 1 N–H and O–H groups in total. The zero-order valence-electron chi connectivity index (χ0n) is 20.9. The Balaban J connectivity index is 1.51. The highest BCUT2D eigenvalue weighted by molar-refractivity contribution is 5.68. The lowest BCUT2D eigenvalue weighted by molar-refractivity contribution is -0.0750. The molecule has 5 heteroatoms. The van der Waals surface area contributed by atoms with Gasteiger partial charge in [-0.2, -0.15) is 0 Å². The van der Waals surface area contributed by atoms with Crippen molar-refractivity contribution in [2.24, 2.45) is 0 Å². The van der Waals surface area contributed by atoms with Gasteiger partial charge in [0.15, 0.2) is 11.6 Å². The summed E-state index contributed by atoms with van der Waals surface area (Å²) in [5, 5.41) is 3.49. The van der Waals surface area contributed by atoms with Crippen LogP contribution < -0.4 is 5.32 Å². The van der Waals surface area contributed by atoms with Crippen molar-refractivity contribution in [3.8, 4) is 11.1 Å². The van der Waals surface area contributed by atoms with Crippen LogP contribution in [0.1, 0.15) is 60.9 Å². The Morgan fingerprint density at radius 3 is 2.60 bits per heavy atom. The summed E-state index contributed by atoms with van der Waals surface area (Å²) in [6, 6.07) is 17.5. The Bertz CT molecular complexity index is 1250. The predicted molar refractivity (Wildman–Crippen MR) is 134 cm³/mol. The zero-order chi connectivity index (χ0) is 24.8. The molecule has 5 rings (SSSR count). The van der Waals surface area contributed by atoms with Gasteiger partial charge in [-0.15, -0.1) is 0 Å². The first-order chi connectivity index (χ1) is 16.7. The monoisotopic (exact) mass is 477 g/mol. The molecule has 0 radical (unpaired) electrons. The second kappa shape index (κ2) is 9.12. The van der Waals surface area contributed by atoms with Gasteiger partial charge in [0.25, 0.3) is 0 Å². The van der Waals surface area contributed by atoms with Gasteiger partial charge in [-0.1, -0.05) is 42.5 Å². The van der Waals surface area contributed by atoms with Gasteiger partial charge in [0.05, 0.1) is 18.8 Å². The molecule has 1 unspecified atom stereocenters. The first kappa shape index (κ1) is 24.1. The van der Waals surface area contributed by atoms with E-state index in [0.717, 1.165) is 39.9 Å². The van der Waals surface area contributed by atoms with E-state index in [4.69, 9.17) is 9.47 Å². The highest BCUT2D eigenvalue weighted by Crippen LogP contribution is 2.51. The van der Waals surface area contributed by atoms with Crippen LogP contribution in [0, 0.1) is 18.6 Å². The highest BCUT2D eigenvalue weighted by atomic mass is 19.2. The number of halogens is 2. The fourth-order valence-corrected chi connectivity index (χ4v) is 5.56. The molecule has 35 heavy (non-hydrogen) atoms. The van der Waals surface area contributed by atoms with Crippen LogP contribution >= 0.6 is 0 Å². The lowest BCUT2D eigenvalue weighted by Gasteiger charge is -2.42. The van der Waals surface area contributed by atoms with Crippen LogP contribution in [-0.4, -0.2) is 18.7 Å². The molecule has 3 aromatic carbocycles. The summed E-state index contributed by atoms with van der Waals surface area (Å²) in [6.07, 6.45) is 0.712. The lowest BCUT2D eigenvalue weighted by Crippen LogP contribution is -2.46. The number of ether oxygens (including phenoxy) is 2. The van der Waals surface area contributed by atoms with E-state index >= 15 is 0 Å². The lowest BCUT2D eigenvalue weighted by atomic mass is 9.72. The number of rotatable bonds is 4. The summed E-state index contributed by atoms with van der Waals surface area (Å²) < 4.78 is 40.7. The highest BCUT2D eigenvalue weighted by Gasteiger charge is 2.49. The largest absolute Gasteiger partial charge is 0.371 e. The van der Waals surface area contributed by atoms with E-state index in [1.165, 1.54) is 17.7 Å². The maximum Gasteiger partial charge on any atom is 0.159 e. The van der Waals surface area contributed by atoms with Gasteiger partial charge in [0.2, 0.25) is 0 Å². The predicted octanol–water partition coefficient (Wildman–Crippen LogP) is 6.76. The normalized spacial score (nSPS) is 21.9. The second-order valence-electron chi connectivity index (χ2n) is 10.7. The number of hydrogen-bond acceptors (Lipinski definition) is 3. The summed E-state index contributed by atoms with van der Waals surface area (Å²) in [4.78, 5) is 0. The number of aryl methyl sites for hydroxylation is 1. The molecule has 1 spiro atoms. The molecule has 184 valence electrons. The molecule has 3 aromatic rings. The molecule has 1 saturated heterocycles. The molecule has 2 atom stereocenters. The summed E-state index contributed by atoms with van der Waals surface area (Å²) in [5.74, 6) is -1.63. The molecule has 0 aliphatic carbocycles. The molecule has 0 saturated carbocycles. The molecule has 2 aliphatic rings. The second-order valence-corrected chi connectivity index (χ2v) is 10.7. The molecule has 3 nitrogen and oxygen atoms in total. The quantitative estimate of drug-likeness (QED) is 0.450. The number of benzene rings is 3. The zero-order valence-corrected chi connectivity index (χ0v) is 20.9. The minimum absolute atomic E-state index is 0.00382. The molecule has 0 amide bonds. The molecular formula is C30H33F2NO2. The van der Waals surface area contributed by atoms with Crippen molar-refractivity contribution < 1.29 is 18.3 Å². The van der Waals surface area contributed by atoms with Gasteiger partial charge in [-0.05, 0) is 91.7 Å². The number of hydrogen-bond donors (Lipinski definition) is 1. The van der Waals surface area contributed by atoms with Crippen LogP contribution in [0.3, 0.4) is 0 Å². The fraction of sp³-hybridized carbons (Fsp3) is 0.400. The summed E-state index contributed by atoms with van der Waals surface area (Å²) >= 11 is 0. The van der Waals surface area contributed by atoms with Crippen LogP contribution in [-0.2, 0) is 28.3 Å². The minimum atomic E-state index is -0.815. The van der Waals surface area contributed by atoms with Gasteiger partial charge in [-0.25, -0.2) is 8.78 Å². The van der Waals surface area contributed by atoms with E-state index in [-0.39, 0.29) is 11.5 Å². The Hall–Kier alpha value is -2.60. The topological polar surface area (TPSA) is 30.5 Å². The number of nitrogens with one attached hydrogen (secondary N) is 1. The Morgan fingerprint density at radius 1 is 1.06 bits per heavy atom. The van der Waals surface area contributed by atoms with Crippen LogP contribution in [0.4, 0.5) is 8.78 Å². The Morgan fingerprint density at radius 2 is 1.83 bits per heavy atom. The summed E-state index contributed by atoms with van der Waals surface area (Å²) in [6.45, 7) is 10.6. The van der Waals surface area contributed by atoms with Crippen LogP contribution in [0.2, 0.25) is 0 Å². The van der Waals surface area contributed by atoms with E-state index in [1.807, 2.05) is 6.07 Å². The first-order valence-electron chi connectivity index (χ1n) is 12.3. The SMILES string of the molecule is Cc1cc(-c2ccccc2COC(C)(C)C)ccc1C1CNCC[C@@]12OCc1cc(F)c(F)cc12. The van der Waals surface area contributed by atoms with E-state index in [9.17, 15) is 8.78 Å². The Kier molecular flexibility index (Phi) is 6.28. The van der Waals surface area contributed by atoms with Crippen molar-refractivity contribution in [1.82, 2.24) is 5.32 Å². The van der Waals surface area contributed by atoms with E-state index in [2.05, 4.69) is 69.4 Å². The molecule has 2 heterocycles.